The summed E-state index contributed by atoms with van der Waals surface area (Å²) < 4.78 is 11.1. The van der Waals surface area contributed by atoms with Crippen molar-refractivity contribution in [3.05, 3.63) is 38.5 Å². The topological polar surface area (TPSA) is 50.8 Å². The smallest absolute Gasteiger partial charge is 0.322 e. The van der Waals surface area contributed by atoms with Gasteiger partial charge in [-0.2, -0.15) is 0 Å². The van der Waals surface area contributed by atoms with Gasteiger partial charge in [0.1, 0.15) is 11.5 Å². The van der Waals surface area contributed by atoms with Crippen molar-refractivity contribution in [2.75, 3.05) is 26.1 Å². The van der Waals surface area contributed by atoms with E-state index in [9.17, 15) is 4.79 Å². The molecule has 0 saturated carbocycles. The van der Waals surface area contributed by atoms with Crippen LogP contribution in [0.3, 0.4) is 0 Å². The van der Waals surface area contributed by atoms with Crippen molar-refractivity contribution in [2.24, 2.45) is 0 Å². The molecule has 1 aromatic carbocycles. The summed E-state index contributed by atoms with van der Waals surface area (Å²) in [5, 5.41) is 3.22. The zero-order valence-electron chi connectivity index (χ0n) is 13.6. The summed E-state index contributed by atoms with van der Waals surface area (Å²) in [6, 6.07) is 6.72. The maximum Gasteiger partial charge on any atom is 0.322 e. The van der Waals surface area contributed by atoms with Crippen molar-refractivity contribution < 1.29 is 14.3 Å². The Kier molecular flexibility index (Phi) is 6.60. The van der Waals surface area contributed by atoms with Crippen LogP contribution in [0.2, 0.25) is 9.36 Å². The summed E-state index contributed by atoms with van der Waals surface area (Å²) in [5.41, 5.74) is 0.482. The van der Waals surface area contributed by atoms with Crippen LogP contribution in [-0.2, 0) is 6.54 Å². The predicted molar refractivity (Wildman–Crippen MR) is 99.0 cm³/mol. The first-order chi connectivity index (χ1) is 11.5. The minimum absolute atomic E-state index is 0.249. The van der Waals surface area contributed by atoms with E-state index in [1.165, 1.54) is 25.6 Å². The van der Waals surface area contributed by atoms with Gasteiger partial charge in [0.15, 0.2) is 0 Å². The van der Waals surface area contributed by atoms with Crippen LogP contribution >= 0.6 is 34.5 Å². The van der Waals surface area contributed by atoms with Gasteiger partial charge >= 0.3 is 6.03 Å². The molecule has 24 heavy (non-hydrogen) atoms. The number of methoxy groups -OCH3 is 2. The molecule has 1 heterocycles. The second-order valence-corrected chi connectivity index (χ2v) is 7.04. The van der Waals surface area contributed by atoms with E-state index < -0.39 is 0 Å². The number of hydrogen-bond donors (Lipinski definition) is 1. The number of benzene rings is 1. The molecule has 5 nitrogen and oxygen atoms in total. The number of ether oxygens (including phenoxy) is 2. The molecule has 0 aliphatic rings. The lowest BCUT2D eigenvalue weighted by atomic mass is 10.2. The number of carbonyl (C=O) groups is 1. The third-order valence-corrected chi connectivity index (χ3v) is 4.87. The SMILES string of the molecule is CCN(Cc1ccc(Cl)s1)C(=O)Nc1cc(Cl)c(OC)cc1OC. The summed E-state index contributed by atoms with van der Waals surface area (Å²) in [7, 11) is 3.04. The second kappa shape index (κ2) is 8.46. The number of nitrogens with zero attached hydrogens (tertiary/aromatic N) is 1. The molecule has 0 atom stereocenters. The van der Waals surface area contributed by atoms with Crippen molar-refractivity contribution in [1.82, 2.24) is 4.90 Å². The van der Waals surface area contributed by atoms with Crippen molar-refractivity contribution in [2.45, 2.75) is 13.5 Å². The molecule has 130 valence electrons. The van der Waals surface area contributed by atoms with E-state index in [0.29, 0.717) is 39.6 Å². The molecule has 2 amide bonds. The molecule has 0 saturated heterocycles. The average molecular weight is 389 g/mol. The Balaban J connectivity index is 2.16. The molecular weight excluding hydrogens is 371 g/mol. The standard InChI is InChI=1S/C16H18Cl2N2O3S/c1-4-20(9-10-5-6-15(18)24-10)16(21)19-12-7-11(17)13(22-2)8-14(12)23-3/h5-8H,4,9H2,1-3H3,(H,19,21). The lowest BCUT2D eigenvalue weighted by Gasteiger charge is -2.22. The molecule has 0 aliphatic heterocycles. The van der Waals surface area contributed by atoms with Gasteiger partial charge in [-0.3, -0.25) is 0 Å². The van der Waals surface area contributed by atoms with Crippen molar-refractivity contribution in [1.29, 1.82) is 0 Å². The number of carbonyl (C=O) groups excluding carboxylic acids is 1. The number of urea groups is 1. The Hall–Kier alpha value is -1.63. The van der Waals surface area contributed by atoms with Gasteiger partial charge in [-0.1, -0.05) is 23.2 Å². The molecule has 2 rings (SSSR count). The molecule has 0 bridgehead atoms. The molecule has 0 aliphatic carbocycles. The van der Waals surface area contributed by atoms with Crippen LogP contribution in [0.1, 0.15) is 11.8 Å². The van der Waals surface area contributed by atoms with Gasteiger partial charge in [0.2, 0.25) is 0 Å². The first-order valence-electron chi connectivity index (χ1n) is 7.20. The third-order valence-electron chi connectivity index (χ3n) is 3.36. The van der Waals surface area contributed by atoms with Gasteiger partial charge in [0, 0.05) is 17.5 Å². The highest BCUT2D eigenvalue weighted by atomic mass is 35.5. The summed E-state index contributed by atoms with van der Waals surface area (Å²) in [6.45, 7) is 2.94. The van der Waals surface area contributed by atoms with E-state index in [4.69, 9.17) is 32.7 Å². The van der Waals surface area contributed by atoms with Gasteiger partial charge in [-0.15, -0.1) is 11.3 Å². The number of amides is 2. The monoisotopic (exact) mass is 388 g/mol. The number of halogens is 2. The van der Waals surface area contributed by atoms with Crippen molar-refractivity contribution in [3.8, 4) is 11.5 Å². The van der Waals surface area contributed by atoms with Gasteiger partial charge in [0.25, 0.3) is 0 Å². The zero-order valence-corrected chi connectivity index (χ0v) is 15.9. The summed E-state index contributed by atoms with van der Waals surface area (Å²) in [4.78, 5) is 15.2. The lowest BCUT2D eigenvalue weighted by Crippen LogP contribution is -2.34. The van der Waals surface area contributed by atoms with Crippen molar-refractivity contribution >= 4 is 46.3 Å². The fourth-order valence-electron chi connectivity index (χ4n) is 2.10. The van der Waals surface area contributed by atoms with Crippen LogP contribution in [0.25, 0.3) is 0 Å². The Morgan fingerprint density at radius 1 is 1.21 bits per heavy atom. The number of anilines is 1. The molecule has 0 unspecified atom stereocenters. The fraction of sp³-hybridized carbons (Fsp3) is 0.312. The van der Waals surface area contributed by atoms with Crippen LogP contribution in [0.4, 0.5) is 10.5 Å². The number of rotatable bonds is 6. The molecule has 0 spiro atoms. The highest BCUT2D eigenvalue weighted by Crippen LogP contribution is 2.36. The van der Waals surface area contributed by atoms with Crippen LogP contribution < -0.4 is 14.8 Å². The van der Waals surface area contributed by atoms with E-state index in [1.54, 1.807) is 17.0 Å². The first-order valence-corrected chi connectivity index (χ1v) is 8.77. The van der Waals surface area contributed by atoms with E-state index in [1.807, 2.05) is 19.1 Å². The van der Waals surface area contributed by atoms with Gasteiger partial charge < -0.3 is 19.7 Å². The molecule has 1 N–H and O–H groups in total. The maximum absolute atomic E-state index is 12.5. The molecule has 0 radical (unpaired) electrons. The third kappa shape index (κ3) is 4.47. The second-order valence-electron chi connectivity index (χ2n) is 4.84. The Morgan fingerprint density at radius 3 is 2.46 bits per heavy atom. The Morgan fingerprint density at radius 2 is 1.92 bits per heavy atom. The largest absolute Gasteiger partial charge is 0.495 e. The summed E-state index contributed by atoms with van der Waals surface area (Å²) >= 11 is 13.5. The lowest BCUT2D eigenvalue weighted by molar-refractivity contribution is 0.212. The van der Waals surface area contributed by atoms with Crippen LogP contribution in [0, 0.1) is 0 Å². The van der Waals surface area contributed by atoms with E-state index in [-0.39, 0.29) is 6.03 Å². The minimum atomic E-state index is -0.249. The van der Waals surface area contributed by atoms with Crippen molar-refractivity contribution in [3.63, 3.8) is 0 Å². The van der Waals surface area contributed by atoms with Crippen LogP contribution in [0.5, 0.6) is 11.5 Å². The molecule has 8 heteroatoms. The van der Waals surface area contributed by atoms with Crippen LogP contribution in [-0.4, -0.2) is 31.7 Å². The van der Waals surface area contributed by atoms with Crippen LogP contribution in [0.15, 0.2) is 24.3 Å². The molecule has 2 aromatic rings. The molecule has 0 fully saturated rings. The Bertz CT molecular complexity index is 721. The number of nitrogens with one attached hydrogen (secondary N) is 1. The van der Waals surface area contributed by atoms with E-state index in [0.717, 1.165) is 4.88 Å². The Labute approximate surface area is 155 Å². The first kappa shape index (κ1) is 18.7. The molecule has 1 aromatic heterocycles. The molecular formula is C16H18Cl2N2O3S. The zero-order chi connectivity index (χ0) is 17.7. The fourth-order valence-corrected chi connectivity index (χ4v) is 3.45. The number of thiophene rings is 1. The van der Waals surface area contributed by atoms with E-state index >= 15 is 0 Å². The number of hydrogen-bond acceptors (Lipinski definition) is 4. The average Bonchev–Trinajstić information content (AvgIpc) is 2.97. The van der Waals surface area contributed by atoms with E-state index in [2.05, 4.69) is 5.32 Å². The quantitative estimate of drug-likeness (QED) is 0.746. The summed E-state index contributed by atoms with van der Waals surface area (Å²) in [6.07, 6.45) is 0. The maximum atomic E-state index is 12.5. The van der Waals surface area contributed by atoms with Gasteiger partial charge in [-0.05, 0) is 25.1 Å². The highest BCUT2D eigenvalue weighted by molar-refractivity contribution is 7.16. The van der Waals surface area contributed by atoms with Gasteiger partial charge in [0.05, 0.1) is 35.8 Å². The highest BCUT2D eigenvalue weighted by Gasteiger charge is 2.17. The predicted octanol–water partition coefficient (Wildman–Crippen LogP) is 5.13. The summed E-state index contributed by atoms with van der Waals surface area (Å²) in [5.74, 6) is 0.951. The minimum Gasteiger partial charge on any atom is -0.495 e. The van der Waals surface area contributed by atoms with Gasteiger partial charge in [-0.25, -0.2) is 4.79 Å². The normalized spacial score (nSPS) is 10.4.